The molecule has 0 bridgehead atoms. The second kappa shape index (κ2) is 6.35. The Hall–Kier alpha value is -1.42. The van der Waals surface area contributed by atoms with Gasteiger partial charge in [0.2, 0.25) is 5.75 Å². The first-order chi connectivity index (χ1) is 8.42. The Balaban J connectivity index is 1.87. The van der Waals surface area contributed by atoms with Crippen LogP contribution in [0.2, 0.25) is 0 Å². The van der Waals surface area contributed by atoms with Crippen molar-refractivity contribution in [1.82, 2.24) is 5.32 Å². The topological polar surface area (TPSA) is 39.7 Å². The van der Waals surface area contributed by atoms with Crippen molar-refractivity contribution in [2.24, 2.45) is 0 Å². The van der Waals surface area contributed by atoms with Gasteiger partial charge in [-0.05, 0) is 31.6 Å². The monoisotopic (exact) mass is 237 g/mol. The molecule has 0 aromatic heterocycles. The van der Waals surface area contributed by atoms with Crippen molar-refractivity contribution in [3.05, 3.63) is 18.2 Å². The van der Waals surface area contributed by atoms with Gasteiger partial charge in [-0.3, -0.25) is 0 Å². The van der Waals surface area contributed by atoms with Gasteiger partial charge in [-0.1, -0.05) is 13.0 Å². The molecule has 4 heteroatoms. The third kappa shape index (κ3) is 3.27. The van der Waals surface area contributed by atoms with Crippen LogP contribution in [0.25, 0.3) is 0 Å². The van der Waals surface area contributed by atoms with Crippen molar-refractivity contribution in [2.75, 3.05) is 32.9 Å². The van der Waals surface area contributed by atoms with Crippen LogP contribution in [0.3, 0.4) is 0 Å². The van der Waals surface area contributed by atoms with Crippen LogP contribution in [0.4, 0.5) is 0 Å². The molecule has 1 aliphatic heterocycles. The van der Waals surface area contributed by atoms with E-state index in [2.05, 4.69) is 12.2 Å². The Labute approximate surface area is 102 Å². The van der Waals surface area contributed by atoms with Crippen molar-refractivity contribution < 1.29 is 14.2 Å². The van der Waals surface area contributed by atoms with Gasteiger partial charge >= 0.3 is 0 Å². The predicted octanol–water partition coefficient (Wildman–Crippen LogP) is 1.84. The SMILES string of the molecule is CCNCCCOc1cccc2c1OCCO2. The first kappa shape index (κ1) is 12.0. The second-order valence-electron chi connectivity index (χ2n) is 3.84. The van der Waals surface area contributed by atoms with Gasteiger partial charge < -0.3 is 19.5 Å². The van der Waals surface area contributed by atoms with E-state index in [-0.39, 0.29) is 0 Å². The minimum Gasteiger partial charge on any atom is -0.489 e. The maximum atomic E-state index is 5.71. The molecular formula is C13H19NO3. The number of fused-ring (bicyclic) bond motifs is 1. The van der Waals surface area contributed by atoms with E-state index >= 15 is 0 Å². The van der Waals surface area contributed by atoms with Crippen LogP contribution in [0.1, 0.15) is 13.3 Å². The van der Waals surface area contributed by atoms with E-state index in [1.807, 2.05) is 18.2 Å². The summed E-state index contributed by atoms with van der Waals surface area (Å²) < 4.78 is 16.8. The van der Waals surface area contributed by atoms with E-state index in [0.717, 1.165) is 36.8 Å². The summed E-state index contributed by atoms with van der Waals surface area (Å²) in [5.74, 6) is 2.29. The van der Waals surface area contributed by atoms with Gasteiger partial charge in [0.05, 0.1) is 6.61 Å². The van der Waals surface area contributed by atoms with Gasteiger partial charge in [0.1, 0.15) is 13.2 Å². The minimum absolute atomic E-state index is 0.588. The predicted molar refractivity (Wildman–Crippen MR) is 66.1 cm³/mol. The lowest BCUT2D eigenvalue weighted by molar-refractivity contribution is 0.161. The number of hydrogen-bond donors (Lipinski definition) is 1. The molecule has 17 heavy (non-hydrogen) atoms. The maximum absolute atomic E-state index is 5.71. The third-order valence-corrected chi connectivity index (χ3v) is 2.54. The molecule has 0 amide bonds. The van der Waals surface area contributed by atoms with E-state index < -0.39 is 0 Å². The van der Waals surface area contributed by atoms with Crippen molar-refractivity contribution >= 4 is 0 Å². The van der Waals surface area contributed by atoms with Crippen LogP contribution >= 0.6 is 0 Å². The molecule has 4 nitrogen and oxygen atoms in total. The quantitative estimate of drug-likeness (QED) is 0.766. The zero-order valence-electron chi connectivity index (χ0n) is 10.2. The lowest BCUT2D eigenvalue weighted by atomic mass is 10.3. The van der Waals surface area contributed by atoms with E-state index in [1.165, 1.54) is 0 Å². The molecule has 0 aliphatic carbocycles. The van der Waals surface area contributed by atoms with Crippen LogP contribution in [0, 0.1) is 0 Å². The highest BCUT2D eigenvalue weighted by atomic mass is 16.6. The summed E-state index contributed by atoms with van der Waals surface area (Å²) in [5, 5.41) is 3.26. The van der Waals surface area contributed by atoms with E-state index in [0.29, 0.717) is 19.8 Å². The highest BCUT2D eigenvalue weighted by Gasteiger charge is 2.16. The van der Waals surface area contributed by atoms with Gasteiger partial charge in [0.25, 0.3) is 0 Å². The summed E-state index contributed by atoms with van der Waals surface area (Å²) in [4.78, 5) is 0. The molecule has 0 atom stereocenters. The molecule has 0 saturated heterocycles. The summed E-state index contributed by atoms with van der Waals surface area (Å²) in [5.41, 5.74) is 0. The molecule has 0 radical (unpaired) electrons. The Kier molecular flexibility index (Phi) is 4.50. The van der Waals surface area contributed by atoms with E-state index in [1.54, 1.807) is 0 Å². The molecule has 2 rings (SSSR count). The Morgan fingerprint density at radius 1 is 1.29 bits per heavy atom. The smallest absolute Gasteiger partial charge is 0.203 e. The maximum Gasteiger partial charge on any atom is 0.203 e. The number of hydrogen-bond acceptors (Lipinski definition) is 4. The number of ether oxygens (including phenoxy) is 3. The fourth-order valence-corrected chi connectivity index (χ4v) is 1.72. The Bertz CT molecular complexity index is 355. The highest BCUT2D eigenvalue weighted by Crippen LogP contribution is 2.38. The normalized spacial score (nSPS) is 13.5. The molecule has 1 N–H and O–H groups in total. The highest BCUT2D eigenvalue weighted by molar-refractivity contribution is 5.51. The zero-order chi connectivity index (χ0) is 11.9. The van der Waals surface area contributed by atoms with Crippen molar-refractivity contribution in [3.8, 4) is 17.2 Å². The molecule has 0 unspecified atom stereocenters. The van der Waals surface area contributed by atoms with Gasteiger partial charge in [-0.15, -0.1) is 0 Å². The van der Waals surface area contributed by atoms with Crippen LogP contribution in [0.15, 0.2) is 18.2 Å². The molecule has 94 valence electrons. The minimum atomic E-state index is 0.588. The van der Waals surface area contributed by atoms with Gasteiger partial charge in [-0.25, -0.2) is 0 Å². The van der Waals surface area contributed by atoms with E-state index in [4.69, 9.17) is 14.2 Å². The molecule has 1 aliphatic rings. The molecule has 0 spiro atoms. The molecular weight excluding hydrogens is 218 g/mol. The van der Waals surface area contributed by atoms with Gasteiger partial charge in [0, 0.05) is 0 Å². The molecule has 1 aromatic carbocycles. The summed E-state index contributed by atoms with van der Waals surface area (Å²) in [7, 11) is 0. The number of benzene rings is 1. The lowest BCUT2D eigenvalue weighted by Gasteiger charge is -2.20. The van der Waals surface area contributed by atoms with Gasteiger partial charge in [0.15, 0.2) is 11.5 Å². The second-order valence-corrected chi connectivity index (χ2v) is 3.84. The van der Waals surface area contributed by atoms with Crippen molar-refractivity contribution in [2.45, 2.75) is 13.3 Å². The van der Waals surface area contributed by atoms with Crippen LogP contribution in [-0.4, -0.2) is 32.9 Å². The third-order valence-electron chi connectivity index (χ3n) is 2.54. The van der Waals surface area contributed by atoms with E-state index in [9.17, 15) is 0 Å². The van der Waals surface area contributed by atoms with Gasteiger partial charge in [-0.2, -0.15) is 0 Å². The van der Waals surface area contributed by atoms with Crippen molar-refractivity contribution in [1.29, 1.82) is 0 Å². The summed E-state index contributed by atoms with van der Waals surface area (Å²) in [6, 6.07) is 5.74. The van der Waals surface area contributed by atoms with Crippen molar-refractivity contribution in [3.63, 3.8) is 0 Å². The Morgan fingerprint density at radius 3 is 3.06 bits per heavy atom. The number of rotatable bonds is 6. The zero-order valence-corrected chi connectivity index (χ0v) is 10.2. The largest absolute Gasteiger partial charge is 0.489 e. The standard InChI is InChI=1S/C13H19NO3/c1-2-14-7-4-8-15-11-5-3-6-12-13(11)17-10-9-16-12/h3,5-6,14H,2,4,7-10H2,1H3. The summed E-state index contributed by atoms with van der Waals surface area (Å²) in [6.07, 6.45) is 0.984. The first-order valence-corrected chi connectivity index (χ1v) is 6.14. The number of nitrogens with one attached hydrogen (secondary N) is 1. The molecule has 1 heterocycles. The Morgan fingerprint density at radius 2 is 2.18 bits per heavy atom. The fraction of sp³-hybridized carbons (Fsp3) is 0.538. The first-order valence-electron chi connectivity index (χ1n) is 6.14. The average Bonchev–Trinajstić information content (AvgIpc) is 2.39. The molecule has 0 saturated carbocycles. The summed E-state index contributed by atoms with van der Waals surface area (Å²) in [6.45, 7) is 5.95. The van der Waals surface area contributed by atoms with Crippen LogP contribution < -0.4 is 19.5 Å². The average molecular weight is 237 g/mol. The van der Waals surface area contributed by atoms with Crippen LogP contribution in [-0.2, 0) is 0 Å². The molecule has 1 aromatic rings. The van der Waals surface area contributed by atoms with Crippen LogP contribution in [0.5, 0.6) is 17.2 Å². The summed E-state index contributed by atoms with van der Waals surface area (Å²) >= 11 is 0. The fourth-order valence-electron chi connectivity index (χ4n) is 1.72. The number of para-hydroxylation sites is 1. The molecule has 0 fully saturated rings. The lowest BCUT2D eigenvalue weighted by Crippen LogP contribution is -2.18.